The van der Waals surface area contributed by atoms with Crippen LogP contribution in [0.3, 0.4) is 0 Å². The molecule has 0 bridgehead atoms. The van der Waals surface area contributed by atoms with Gasteiger partial charge in [-0.1, -0.05) is 15.9 Å². The molecule has 0 aliphatic carbocycles. The second-order valence-corrected chi connectivity index (χ2v) is 7.88. The predicted octanol–water partition coefficient (Wildman–Crippen LogP) is 3.01. The number of hydrogen-bond donors (Lipinski definition) is 1. The molecule has 1 aromatic carbocycles. The molecule has 4 rings (SSSR count). The quantitative estimate of drug-likeness (QED) is 0.643. The van der Waals surface area contributed by atoms with Crippen LogP contribution in [0.15, 0.2) is 59.5 Å². The normalized spacial score (nSPS) is 16.3. The van der Waals surface area contributed by atoms with Crippen LogP contribution in [0.25, 0.3) is 5.82 Å². The molecule has 148 valence electrons. The number of nitrogens with zero attached hydrogens (tertiary/aromatic N) is 4. The van der Waals surface area contributed by atoms with Crippen LogP contribution in [0, 0.1) is 12.8 Å². The second kappa shape index (κ2) is 8.16. The van der Waals surface area contributed by atoms with Crippen molar-refractivity contribution in [3.05, 3.63) is 70.6 Å². The fourth-order valence-electron chi connectivity index (χ4n) is 3.36. The van der Waals surface area contributed by atoms with E-state index in [0.717, 1.165) is 21.3 Å². The van der Waals surface area contributed by atoms with Crippen LogP contribution in [0.5, 0.6) is 0 Å². The lowest BCUT2D eigenvalue weighted by Crippen LogP contribution is -2.32. The SMILES string of the molecule is Cc1cc(N2CC(C(=O)NCc3ccnc(-n4cccn4)c3)CC2=O)ccc1Br. The molecule has 0 spiro atoms. The van der Waals surface area contributed by atoms with E-state index in [2.05, 4.69) is 31.3 Å². The second-order valence-electron chi connectivity index (χ2n) is 7.03. The van der Waals surface area contributed by atoms with E-state index >= 15 is 0 Å². The van der Waals surface area contributed by atoms with Gasteiger partial charge in [-0.25, -0.2) is 9.67 Å². The van der Waals surface area contributed by atoms with E-state index in [-0.39, 0.29) is 24.2 Å². The summed E-state index contributed by atoms with van der Waals surface area (Å²) < 4.78 is 2.66. The van der Waals surface area contributed by atoms with Crippen molar-refractivity contribution in [3.63, 3.8) is 0 Å². The van der Waals surface area contributed by atoms with E-state index in [9.17, 15) is 9.59 Å². The van der Waals surface area contributed by atoms with Crippen molar-refractivity contribution in [2.24, 2.45) is 5.92 Å². The van der Waals surface area contributed by atoms with Crippen molar-refractivity contribution < 1.29 is 9.59 Å². The van der Waals surface area contributed by atoms with Crippen LogP contribution in [0.4, 0.5) is 5.69 Å². The third-order valence-corrected chi connectivity index (χ3v) is 5.85. The first kappa shape index (κ1) is 19.3. The van der Waals surface area contributed by atoms with Crippen molar-refractivity contribution in [3.8, 4) is 5.82 Å². The van der Waals surface area contributed by atoms with Gasteiger partial charge in [0.1, 0.15) is 0 Å². The lowest BCUT2D eigenvalue weighted by atomic mass is 10.1. The van der Waals surface area contributed by atoms with E-state index in [4.69, 9.17) is 0 Å². The molecule has 0 radical (unpaired) electrons. The van der Waals surface area contributed by atoms with Gasteiger partial charge in [0.15, 0.2) is 5.82 Å². The van der Waals surface area contributed by atoms with Crippen LogP contribution < -0.4 is 10.2 Å². The monoisotopic (exact) mass is 453 g/mol. The average molecular weight is 454 g/mol. The van der Waals surface area contributed by atoms with Crippen molar-refractivity contribution in [2.45, 2.75) is 19.9 Å². The van der Waals surface area contributed by atoms with E-state index in [0.29, 0.717) is 18.9 Å². The zero-order chi connectivity index (χ0) is 20.4. The Labute approximate surface area is 176 Å². The minimum absolute atomic E-state index is 0.0308. The molecule has 1 N–H and O–H groups in total. The minimum Gasteiger partial charge on any atom is -0.352 e. The van der Waals surface area contributed by atoms with Crippen molar-refractivity contribution >= 4 is 33.4 Å². The molecule has 1 unspecified atom stereocenters. The summed E-state index contributed by atoms with van der Waals surface area (Å²) in [6.45, 7) is 2.74. The molecule has 1 saturated heterocycles. The molecule has 3 aromatic rings. The van der Waals surface area contributed by atoms with Crippen molar-refractivity contribution in [1.82, 2.24) is 20.1 Å². The summed E-state index contributed by atoms with van der Waals surface area (Å²) in [5, 5.41) is 7.11. The molecule has 7 nitrogen and oxygen atoms in total. The average Bonchev–Trinajstić information content (AvgIpc) is 3.39. The number of rotatable bonds is 5. The van der Waals surface area contributed by atoms with Crippen LogP contribution in [0.2, 0.25) is 0 Å². The van der Waals surface area contributed by atoms with Gasteiger partial charge in [0, 0.05) is 48.3 Å². The van der Waals surface area contributed by atoms with E-state index in [1.165, 1.54) is 0 Å². The maximum atomic E-state index is 12.6. The summed E-state index contributed by atoms with van der Waals surface area (Å²) in [5.74, 6) is 0.178. The molecule has 8 heteroatoms. The Morgan fingerprint density at radius 1 is 1.28 bits per heavy atom. The smallest absolute Gasteiger partial charge is 0.227 e. The van der Waals surface area contributed by atoms with Crippen molar-refractivity contribution in [1.29, 1.82) is 0 Å². The summed E-state index contributed by atoms with van der Waals surface area (Å²) in [7, 11) is 0. The number of pyridine rings is 1. The Hall–Kier alpha value is -3.00. The number of aromatic nitrogens is 3. The number of amides is 2. The van der Waals surface area contributed by atoms with Gasteiger partial charge in [-0.3, -0.25) is 9.59 Å². The summed E-state index contributed by atoms with van der Waals surface area (Å²) in [6.07, 6.45) is 5.41. The standard InChI is InChI=1S/C21H20BrN5O2/c1-14-9-17(3-4-18(14)22)26-13-16(11-20(26)28)21(29)24-12-15-5-7-23-19(10-15)27-8-2-6-25-27/h2-10,16H,11-13H2,1H3,(H,24,29). The predicted molar refractivity (Wildman–Crippen MR) is 113 cm³/mol. The molecule has 1 aliphatic rings. The van der Waals surface area contributed by atoms with E-state index in [1.54, 1.807) is 22.0 Å². The molecule has 29 heavy (non-hydrogen) atoms. The van der Waals surface area contributed by atoms with Gasteiger partial charge < -0.3 is 10.2 Å². The Morgan fingerprint density at radius 2 is 2.14 bits per heavy atom. The highest BCUT2D eigenvalue weighted by atomic mass is 79.9. The zero-order valence-electron chi connectivity index (χ0n) is 15.9. The summed E-state index contributed by atoms with van der Waals surface area (Å²) in [4.78, 5) is 31.1. The van der Waals surface area contributed by atoms with Crippen molar-refractivity contribution in [2.75, 3.05) is 11.4 Å². The third kappa shape index (κ3) is 4.22. The fourth-order valence-corrected chi connectivity index (χ4v) is 3.61. The number of carbonyl (C=O) groups excluding carboxylic acids is 2. The molecular formula is C21H20BrN5O2. The Balaban J connectivity index is 1.39. The molecule has 1 aliphatic heterocycles. The van der Waals surface area contributed by atoms with Gasteiger partial charge in [0.25, 0.3) is 0 Å². The van der Waals surface area contributed by atoms with Gasteiger partial charge in [0.05, 0.1) is 5.92 Å². The summed E-state index contributed by atoms with van der Waals surface area (Å²) in [6, 6.07) is 11.3. The van der Waals surface area contributed by atoms with Gasteiger partial charge in [0.2, 0.25) is 11.8 Å². The van der Waals surface area contributed by atoms with Gasteiger partial charge in [-0.15, -0.1) is 0 Å². The molecule has 2 amide bonds. The Morgan fingerprint density at radius 3 is 2.90 bits per heavy atom. The van der Waals surface area contributed by atoms with E-state index in [1.807, 2.05) is 49.5 Å². The Kier molecular flexibility index (Phi) is 5.44. The highest BCUT2D eigenvalue weighted by molar-refractivity contribution is 9.10. The van der Waals surface area contributed by atoms with Crippen LogP contribution in [0.1, 0.15) is 17.5 Å². The molecular weight excluding hydrogens is 434 g/mol. The molecule has 0 saturated carbocycles. The maximum Gasteiger partial charge on any atom is 0.227 e. The molecule has 1 atom stereocenters. The largest absolute Gasteiger partial charge is 0.352 e. The first-order valence-corrected chi connectivity index (χ1v) is 10.1. The van der Waals surface area contributed by atoms with Crippen LogP contribution >= 0.6 is 15.9 Å². The third-order valence-electron chi connectivity index (χ3n) is 4.96. The highest BCUT2D eigenvalue weighted by Crippen LogP contribution is 2.28. The number of carbonyl (C=O) groups is 2. The minimum atomic E-state index is -0.362. The molecule has 3 heterocycles. The van der Waals surface area contributed by atoms with Crippen LogP contribution in [-0.2, 0) is 16.1 Å². The van der Waals surface area contributed by atoms with Crippen LogP contribution in [-0.4, -0.2) is 33.1 Å². The lowest BCUT2D eigenvalue weighted by molar-refractivity contribution is -0.126. The Bertz CT molecular complexity index is 1050. The number of hydrogen-bond acceptors (Lipinski definition) is 4. The van der Waals surface area contributed by atoms with E-state index < -0.39 is 0 Å². The number of aryl methyl sites for hydroxylation is 1. The first-order chi connectivity index (χ1) is 14.0. The number of benzene rings is 1. The fraction of sp³-hybridized carbons (Fsp3) is 0.238. The molecule has 1 fully saturated rings. The molecule has 2 aromatic heterocycles. The van der Waals surface area contributed by atoms with Gasteiger partial charge in [-0.05, 0) is 54.4 Å². The first-order valence-electron chi connectivity index (χ1n) is 9.30. The number of anilines is 1. The topological polar surface area (TPSA) is 80.1 Å². The maximum absolute atomic E-state index is 12.6. The summed E-state index contributed by atoms with van der Waals surface area (Å²) >= 11 is 3.47. The van der Waals surface area contributed by atoms with Gasteiger partial charge >= 0.3 is 0 Å². The number of nitrogens with one attached hydrogen (secondary N) is 1. The highest BCUT2D eigenvalue weighted by Gasteiger charge is 2.35. The number of halogens is 1. The zero-order valence-corrected chi connectivity index (χ0v) is 17.5. The summed E-state index contributed by atoms with van der Waals surface area (Å²) in [5.41, 5.74) is 2.79. The lowest BCUT2D eigenvalue weighted by Gasteiger charge is -2.18. The van der Waals surface area contributed by atoms with Gasteiger partial charge in [-0.2, -0.15) is 5.10 Å².